The molecule has 2 atom stereocenters. The van der Waals surface area contributed by atoms with E-state index in [1.54, 1.807) is 4.90 Å². The number of carbonyl (C=O) groups excluding carboxylic acids is 2. The summed E-state index contributed by atoms with van der Waals surface area (Å²) in [5.74, 6) is -2.04. The van der Waals surface area contributed by atoms with Gasteiger partial charge in [0.15, 0.2) is 6.10 Å². The summed E-state index contributed by atoms with van der Waals surface area (Å²) in [5.41, 5.74) is 9.15. The van der Waals surface area contributed by atoms with Crippen molar-refractivity contribution in [2.24, 2.45) is 17.4 Å². The second-order valence-corrected chi connectivity index (χ2v) is 8.23. The lowest BCUT2D eigenvalue weighted by atomic mass is 9.90. The summed E-state index contributed by atoms with van der Waals surface area (Å²) in [6.07, 6.45) is -10.9. The van der Waals surface area contributed by atoms with Crippen LogP contribution in [-0.4, -0.2) is 42.1 Å². The molecule has 0 radical (unpaired) electrons. The fraction of sp³-hybridized carbons (Fsp3) is 0.391. The molecular weight excluding hydrogens is 496 g/mol. The molecule has 7 nitrogen and oxygen atoms in total. The molecule has 4 N–H and O–H groups in total. The maximum atomic E-state index is 12.8. The Morgan fingerprint density at radius 2 is 1.17 bits per heavy atom. The van der Waals surface area contributed by atoms with Crippen LogP contribution in [0.4, 0.5) is 26.3 Å². The number of benzene rings is 2. The highest BCUT2D eigenvalue weighted by molar-refractivity contribution is 5.80. The number of halogens is 6. The van der Waals surface area contributed by atoms with E-state index in [1.807, 2.05) is 0 Å². The summed E-state index contributed by atoms with van der Waals surface area (Å²) >= 11 is 0. The highest BCUT2D eigenvalue weighted by Crippen LogP contribution is 2.33. The molecule has 3 rings (SSSR count). The Labute approximate surface area is 201 Å². The lowest BCUT2D eigenvalue weighted by Gasteiger charge is -2.37. The third kappa shape index (κ3) is 6.80. The van der Waals surface area contributed by atoms with E-state index in [4.69, 9.17) is 20.9 Å². The number of nitrogens with zero attached hydrogens (tertiary/aromatic N) is 1. The summed E-state index contributed by atoms with van der Waals surface area (Å²) in [4.78, 5) is 25.6. The Hall–Kier alpha value is -3.48. The van der Waals surface area contributed by atoms with Crippen molar-refractivity contribution >= 4 is 11.8 Å². The molecule has 13 heteroatoms. The van der Waals surface area contributed by atoms with Gasteiger partial charge in [-0.05, 0) is 61.4 Å². The van der Waals surface area contributed by atoms with Gasteiger partial charge in [0, 0.05) is 19.0 Å². The minimum atomic E-state index is -4.52. The molecule has 2 aromatic rings. The van der Waals surface area contributed by atoms with Crippen LogP contribution in [0.5, 0.6) is 11.5 Å². The smallest absolute Gasteiger partial charge is 0.416 e. The molecule has 1 saturated heterocycles. The highest BCUT2D eigenvalue weighted by Gasteiger charge is 2.37. The van der Waals surface area contributed by atoms with E-state index < -0.39 is 53.5 Å². The number of piperidine rings is 1. The Morgan fingerprint density at radius 3 is 1.53 bits per heavy atom. The first-order valence-electron chi connectivity index (χ1n) is 10.8. The van der Waals surface area contributed by atoms with Gasteiger partial charge in [-0.3, -0.25) is 14.5 Å². The Balaban J connectivity index is 1.63. The van der Waals surface area contributed by atoms with Crippen molar-refractivity contribution < 1.29 is 45.4 Å². The summed E-state index contributed by atoms with van der Waals surface area (Å²) in [5, 5.41) is 0. The standard InChI is InChI=1S/C23H23F6N3O4/c24-22(25,26)14-1-5-16(6-2-14)35-18(19(30)33)13-9-11-32(12-10-13)21(20(31)34)36-17-7-3-15(4-8-17)23(27,28)29/h1-8,13,18,21H,9-12H2,(H2,30,33)(H2,31,34). The number of primary amides is 2. The molecule has 0 bridgehead atoms. The second kappa shape index (κ2) is 10.6. The summed E-state index contributed by atoms with van der Waals surface area (Å²) < 4.78 is 87.6. The fourth-order valence-corrected chi connectivity index (χ4v) is 3.88. The number of alkyl halides is 6. The van der Waals surface area contributed by atoms with Gasteiger partial charge in [0.2, 0.25) is 6.23 Å². The lowest BCUT2D eigenvalue weighted by molar-refractivity contribution is -0.138. The minimum Gasteiger partial charge on any atom is -0.480 e. The van der Waals surface area contributed by atoms with Crippen LogP contribution in [0.3, 0.4) is 0 Å². The van der Waals surface area contributed by atoms with Crippen LogP contribution in [0.15, 0.2) is 48.5 Å². The molecule has 1 aliphatic heterocycles. The van der Waals surface area contributed by atoms with Crippen LogP contribution >= 0.6 is 0 Å². The number of nitrogens with two attached hydrogens (primary N) is 2. The van der Waals surface area contributed by atoms with Gasteiger partial charge in [-0.25, -0.2) is 0 Å². The van der Waals surface area contributed by atoms with E-state index in [0.717, 1.165) is 48.5 Å². The average molecular weight is 519 g/mol. The molecule has 2 aromatic carbocycles. The van der Waals surface area contributed by atoms with E-state index in [1.165, 1.54) is 0 Å². The van der Waals surface area contributed by atoms with Crippen molar-refractivity contribution in [2.45, 2.75) is 37.5 Å². The van der Waals surface area contributed by atoms with Gasteiger partial charge in [0.05, 0.1) is 11.1 Å². The third-order valence-corrected chi connectivity index (χ3v) is 5.73. The van der Waals surface area contributed by atoms with Crippen LogP contribution in [-0.2, 0) is 21.9 Å². The topological polar surface area (TPSA) is 108 Å². The fourth-order valence-electron chi connectivity index (χ4n) is 3.88. The quantitative estimate of drug-likeness (QED) is 0.519. The van der Waals surface area contributed by atoms with E-state index in [9.17, 15) is 35.9 Å². The summed E-state index contributed by atoms with van der Waals surface area (Å²) in [6.45, 7) is 0.415. The first-order valence-corrected chi connectivity index (χ1v) is 10.8. The zero-order valence-electron chi connectivity index (χ0n) is 18.7. The average Bonchev–Trinajstić information content (AvgIpc) is 2.80. The molecule has 196 valence electrons. The van der Waals surface area contributed by atoms with Crippen molar-refractivity contribution in [1.82, 2.24) is 4.90 Å². The maximum absolute atomic E-state index is 12.8. The number of ether oxygens (including phenoxy) is 2. The van der Waals surface area contributed by atoms with Gasteiger partial charge in [-0.2, -0.15) is 26.3 Å². The normalized spacial score (nSPS) is 17.3. The monoisotopic (exact) mass is 519 g/mol. The van der Waals surface area contributed by atoms with Crippen LogP contribution in [0, 0.1) is 5.92 Å². The molecule has 1 aliphatic rings. The summed E-state index contributed by atoms with van der Waals surface area (Å²) in [6, 6.07) is 7.62. The molecule has 2 unspecified atom stereocenters. The Bertz CT molecular complexity index is 964. The van der Waals surface area contributed by atoms with Crippen molar-refractivity contribution in [1.29, 1.82) is 0 Å². The number of rotatable bonds is 8. The molecular formula is C23H23F6N3O4. The highest BCUT2D eigenvalue weighted by atomic mass is 19.4. The van der Waals surface area contributed by atoms with Gasteiger partial charge >= 0.3 is 12.4 Å². The molecule has 36 heavy (non-hydrogen) atoms. The largest absolute Gasteiger partial charge is 0.480 e. The Morgan fingerprint density at radius 1 is 0.750 bits per heavy atom. The lowest BCUT2D eigenvalue weighted by Crippen LogP contribution is -2.53. The number of carbonyl (C=O) groups is 2. The first-order chi connectivity index (χ1) is 16.8. The van der Waals surface area contributed by atoms with Gasteiger partial charge in [0.1, 0.15) is 11.5 Å². The number of hydrogen-bond acceptors (Lipinski definition) is 5. The summed E-state index contributed by atoms with van der Waals surface area (Å²) in [7, 11) is 0. The second-order valence-electron chi connectivity index (χ2n) is 8.23. The molecule has 0 aromatic heterocycles. The van der Waals surface area contributed by atoms with E-state index in [0.29, 0.717) is 12.8 Å². The van der Waals surface area contributed by atoms with Crippen molar-refractivity contribution in [2.75, 3.05) is 13.1 Å². The molecule has 0 aliphatic carbocycles. The SMILES string of the molecule is NC(=O)C(Oc1ccc(C(F)(F)F)cc1)C1CCN(C(Oc2ccc(C(F)(F)F)cc2)C(N)=O)CC1. The first kappa shape index (κ1) is 27.1. The van der Waals surface area contributed by atoms with Crippen molar-refractivity contribution in [3.05, 3.63) is 59.7 Å². The molecule has 0 saturated carbocycles. The number of amides is 2. The van der Waals surface area contributed by atoms with Gasteiger partial charge < -0.3 is 20.9 Å². The number of likely N-dealkylation sites (tertiary alicyclic amines) is 1. The van der Waals surface area contributed by atoms with Crippen LogP contribution in [0.2, 0.25) is 0 Å². The molecule has 1 heterocycles. The van der Waals surface area contributed by atoms with Crippen molar-refractivity contribution in [3.63, 3.8) is 0 Å². The van der Waals surface area contributed by atoms with Crippen LogP contribution in [0.25, 0.3) is 0 Å². The van der Waals surface area contributed by atoms with Crippen molar-refractivity contribution in [3.8, 4) is 11.5 Å². The van der Waals surface area contributed by atoms with Gasteiger partial charge in [0.25, 0.3) is 11.8 Å². The van der Waals surface area contributed by atoms with E-state index in [2.05, 4.69) is 0 Å². The Kier molecular flexibility index (Phi) is 8.02. The minimum absolute atomic E-state index is 0.00886. The van der Waals surface area contributed by atoms with E-state index in [-0.39, 0.29) is 24.6 Å². The predicted octanol–water partition coefficient (Wildman–Crippen LogP) is 3.56. The zero-order chi connectivity index (χ0) is 26.7. The van der Waals surface area contributed by atoms with Crippen LogP contribution in [0.1, 0.15) is 24.0 Å². The zero-order valence-corrected chi connectivity index (χ0v) is 18.7. The van der Waals surface area contributed by atoms with Gasteiger partial charge in [-0.15, -0.1) is 0 Å². The molecule has 0 spiro atoms. The van der Waals surface area contributed by atoms with E-state index >= 15 is 0 Å². The third-order valence-electron chi connectivity index (χ3n) is 5.73. The predicted molar refractivity (Wildman–Crippen MR) is 114 cm³/mol. The van der Waals surface area contributed by atoms with Crippen LogP contribution < -0.4 is 20.9 Å². The molecule has 1 fully saturated rings. The van der Waals surface area contributed by atoms with Gasteiger partial charge in [-0.1, -0.05) is 0 Å². The molecule has 2 amide bonds. The number of hydrogen-bond donors (Lipinski definition) is 2. The maximum Gasteiger partial charge on any atom is 0.416 e.